The van der Waals surface area contributed by atoms with Gasteiger partial charge < -0.3 is 5.32 Å². The standard InChI is InChI=1S/C24H28N4O2/c1-18-8-7-9-19(16-18)24(13-5-2-6-14-24)17-25-22(29)12-15-28-23(30)20-10-3-4-11-21(20)26-27-28/h3-4,7-11,16H,2,5-6,12-15,17H2,1H3,(H,25,29). The van der Waals surface area contributed by atoms with Crippen LogP contribution in [0.2, 0.25) is 0 Å². The monoisotopic (exact) mass is 404 g/mol. The smallest absolute Gasteiger partial charge is 0.277 e. The van der Waals surface area contributed by atoms with Gasteiger partial charge in [-0.1, -0.05) is 66.4 Å². The molecule has 0 bridgehead atoms. The van der Waals surface area contributed by atoms with E-state index in [0.29, 0.717) is 17.4 Å². The van der Waals surface area contributed by atoms with Crippen molar-refractivity contribution in [3.8, 4) is 0 Å². The molecule has 1 saturated carbocycles. The van der Waals surface area contributed by atoms with Crippen LogP contribution in [0, 0.1) is 6.92 Å². The van der Waals surface area contributed by atoms with Crippen molar-refractivity contribution in [2.75, 3.05) is 6.54 Å². The van der Waals surface area contributed by atoms with Crippen LogP contribution in [-0.2, 0) is 16.8 Å². The van der Waals surface area contributed by atoms with E-state index in [9.17, 15) is 9.59 Å². The van der Waals surface area contributed by atoms with E-state index in [1.54, 1.807) is 18.2 Å². The maximum Gasteiger partial charge on any atom is 0.277 e. The highest BCUT2D eigenvalue weighted by atomic mass is 16.2. The first-order chi connectivity index (χ1) is 14.6. The Hall–Kier alpha value is -3.02. The predicted octanol–water partition coefficient (Wildman–Crippen LogP) is 3.51. The van der Waals surface area contributed by atoms with E-state index in [0.717, 1.165) is 12.8 Å². The first kappa shape index (κ1) is 20.3. The molecule has 0 aliphatic heterocycles. The lowest BCUT2D eigenvalue weighted by molar-refractivity contribution is -0.121. The highest BCUT2D eigenvalue weighted by Crippen LogP contribution is 2.39. The van der Waals surface area contributed by atoms with E-state index in [2.05, 4.69) is 46.8 Å². The zero-order valence-electron chi connectivity index (χ0n) is 17.4. The number of fused-ring (bicyclic) bond motifs is 1. The molecule has 156 valence electrons. The molecular formula is C24H28N4O2. The van der Waals surface area contributed by atoms with E-state index in [4.69, 9.17) is 0 Å². The van der Waals surface area contributed by atoms with Crippen LogP contribution in [-0.4, -0.2) is 27.4 Å². The predicted molar refractivity (Wildman–Crippen MR) is 117 cm³/mol. The van der Waals surface area contributed by atoms with Gasteiger partial charge in [-0.15, -0.1) is 5.10 Å². The number of amides is 1. The van der Waals surface area contributed by atoms with Gasteiger partial charge in [0, 0.05) is 18.4 Å². The Morgan fingerprint density at radius 2 is 1.90 bits per heavy atom. The van der Waals surface area contributed by atoms with Gasteiger partial charge in [-0.25, -0.2) is 4.68 Å². The molecule has 30 heavy (non-hydrogen) atoms. The van der Waals surface area contributed by atoms with Crippen molar-refractivity contribution >= 4 is 16.8 Å². The summed E-state index contributed by atoms with van der Waals surface area (Å²) in [6.45, 7) is 2.97. The van der Waals surface area contributed by atoms with Gasteiger partial charge in [0.1, 0.15) is 5.52 Å². The Kier molecular flexibility index (Phi) is 5.93. The Morgan fingerprint density at radius 1 is 1.10 bits per heavy atom. The third kappa shape index (κ3) is 4.27. The Morgan fingerprint density at radius 3 is 2.70 bits per heavy atom. The number of nitrogens with one attached hydrogen (secondary N) is 1. The molecule has 4 rings (SSSR count). The summed E-state index contributed by atoms with van der Waals surface area (Å²) in [4.78, 5) is 25.1. The van der Waals surface area contributed by atoms with Crippen LogP contribution in [0.3, 0.4) is 0 Å². The second-order valence-corrected chi connectivity index (χ2v) is 8.37. The van der Waals surface area contributed by atoms with Gasteiger partial charge in [-0.2, -0.15) is 0 Å². The topological polar surface area (TPSA) is 76.9 Å². The van der Waals surface area contributed by atoms with Gasteiger partial charge in [0.2, 0.25) is 5.91 Å². The Balaban J connectivity index is 1.42. The first-order valence-electron chi connectivity index (χ1n) is 10.7. The van der Waals surface area contributed by atoms with Crippen molar-refractivity contribution in [1.29, 1.82) is 0 Å². The van der Waals surface area contributed by atoms with E-state index in [-0.39, 0.29) is 29.8 Å². The van der Waals surface area contributed by atoms with E-state index in [1.165, 1.54) is 35.1 Å². The lowest BCUT2D eigenvalue weighted by atomic mass is 9.69. The van der Waals surface area contributed by atoms with Gasteiger partial charge >= 0.3 is 0 Å². The SMILES string of the molecule is Cc1cccc(C2(CNC(=O)CCn3nnc4ccccc4c3=O)CCCCC2)c1. The van der Waals surface area contributed by atoms with Gasteiger partial charge in [-0.05, 0) is 37.5 Å². The van der Waals surface area contributed by atoms with Crippen LogP contribution < -0.4 is 10.9 Å². The molecule has 6 nitrogen and oxygen atoms in total. The van der Waals surface area contributed by atoms with Crippen LogP contribution in [0.4, 0.5) is 0 Å². The van der Waals surface area contributed by atoms with Crippen molar-refractivity contribution in [3.63, 3.8) is 0 Å². The number of rotatable bonds is 6. The van der Waals surface area contributed by atoms with Gasteiger partial charge in [0.15, 0.2) is 0 Å². The summed E-state index contributed by atoms with van der Waals surface area (Å²) in [7, 11) is 0. The minimum atomic E-state index is -0.211. The largest absolute Gasteiger partial charge is 0.355 e. The molecule has 1 aliphatic rings. The fourth-order valence-electron chi connectivity index (χ4n) is 4.50. The molecule has 0 unspecified atom stereocenters. The molecule has 1 N–H and O–H groups in total. The second kappa shape index (κ2) is 8.78. The maximum atomic E-state index is 12.6. The fraction of sp³-hybridized carbons (Fsp3) is 0.417. The van der Waals surface area contributed by atoms with Crippen molar-refractivity contribution in [3.05, 3.63) is 70.0 Å². The lowest BCUT2D eigenvalue weighted by Gasteiger charge is -2.38. The molecule has 6 heteroatoms. The van der Waals surface area contributed by atoms with Crippen molar-refractivity contribution in [1.82, 2.24) is 20.3 Å². The van der Waals surface area contributed by atoms with Crippen LogP contribution in [0.25, 0.3) is 10.9 Å². The summed E-state index contributed by atoms with van der Waals surface area (Å²) < 4.78 is 1.28. The zero-order valence-corrected chi connectivity index (χ0v) is 17.4. The minimum Gasteiger partial charge on any atom is -0.355 e. The van der Waals surface area contributed by atoms with Crippen LogP contribution in [0.1, 0.15) is 49.7 Å². The van der Waals surface area contributed by atoms with Gasteiger partial charge in [0.25, 0.3) is 5.56 Å². The molecule has 0 radical (unpaired) electrons. The lowest BCUT2D eigenvalue weighted by Crippen LogP contribution is -2.42. The molecule has 1 amide bonds. The van der Waals surface area contributed by atoms with Crippen molar-refractivity contribution in [2.24, 2.45) is 0 Å². The number of aryl methyl sites for hydroxylation is 2. The third-order valence-electron chi connectivity index (χ3n) is 6.25. The highest BCUT2D eigenvalue weighted by molar-refractivity contribution is 5.77. The van der Waals surface area contributed by atoms with Gasteiger partial charge in [-0.3, -0.25) is 9.59 Å². The number of hydrogen-bond donors (Lipinski definition) is 1. The number of benzene rings is 2. The minimum absolute atomic E-state index is 0.000474. The summed E-state index contributed by atoms with van der Waals surface area (Å²) in [6, 6.07) is 15.8. The normalized spacial score (nSPS) is 15.8. The highest BCUT2D eigenvalue weighted by Gasteiger charge is 2.34. The quantitative estimate of drug-likeness (QED) is 0.682. The average Bonchev–Trinajstić information content (AvgIpc) is 2.78. The zero-order chi connectivity index (χ0) is 21.0. The van der Waals surface area contributed by atoms with Crippen LogP contribution in [0.5, 0.6) is 0 Å². The maximum absolute atomic E-state index is 12.6. The summed E-state index contributed by atoms with van der Waals surface area (Å²) >= 11 is 0. The third-order valence-corrected chi connectivity index (χ3v) is 6.25. The summed E-state index contributed by atoms with van der Waals surface area (Å²) in [5, 5.41) is 11.7. The number of hydrogen-bond acceptors (Lipinski definition) is 4. The molecule has 1 heterocycles. The number of carbonyl (C=O) groups excluding carboxylic acids is 1. The van der Waals surface area contributed by atoms with E-state index < -0.39 is 0 Å². The van der Waals surface area contributed by atoms with Crippen LogP contribution >= 0.6 is 0 Å². The summed E-state index contributed by atoms with van der Waals surface area (Å²) in [5.74, 6) is -0.0607. The molecule has 3 aromatic rings. The average molecular weight is 405 g/mol. The molecule has 1 fully saturated rings. The van der Waals surface area contributed by atoms with Gasteiger partial charge in [0.05, 0.1) is 11.9 Å². The summed E-state index contributed by atoms with van der Waals surface area (Å²) in [5.41, 5.74) is 2.93. The number of carbonyl (C=O) groups is 1. The molecule has 1 aliphatic carbocycles. The summed E-state index contributed by atoms with van der Waals surface area (Å²) in [6.07, 6.45) is 6.01. The van der Waals surface area contributed by atoms with E-state index >= 15 is 0 Å². The van der Waals surface area contributed by atoms with Crippen molar-refractivity contribution in [2.45, 2.75) is 57.4 Å². The molecule has 2 aromatic carbocycles. The number of aromatic nitrogens is 3. The molecule has 0 spiro atoms. The molecular weight excluding hydrogens is 376 g/mol. The Labute approximate surface area is 176 Å². The Bertz CT molecular complexity index is 1100. The van der Waals surface area contributed by atoms with Crippen LogP contribution in [0.15, 0.2) is 53.3 Å². The fourth-order valence-corrected chi connectivity index (χ4v) is 4.50. The number of nitrogens with zero attached hydrogens (tertiary/aromatic N) is 3. The van der Waals surface area contributed by atoms with Crippen molar-refractivity contribution < 1.29 is 4.79 Å². The molecule has 1 aromatic heterocycles. The molecule has 0 atom stereocenters. The second-order valence-electron chi connectivity index (χ2n) is 8.37. The van der Waals surface area contributed by atoms with E-state index in [1.807, 2.05) is 6.07 Å². The first-order valence-corrected chi connectivity index (χ1v) is 10.7. The molecule has 0 saturated heterocycles.